The highest BCUT2D eigenvalue weighted by Crippen LogP contribution is 2.16. The summed E-state index contributed by atoms with van der Waals surface area (Å²) in [6.07, 6.45) is 4.37. The van der Waals surface area contributed by atoms with Gasteiger partial charge in [0, 0.05) is 24.2 Å². The molecule has 0 aliphatic rings. The van der Waals surface area contributed by atoms with Gasteiger partial charge >= 0.3 is 0 Å². The van der Waals surface area contributed by atoms with Gasteiger partial charge in [-0.3, -0.25) is 9.59 Å². The molecule has 0 fully saturated rings. The summed E-state index contributed by atoms with van der Waals surface area (Å²) >= 11 is 0. The molecule has 6 heteroatoms. The van der Waals surface area contributed by atoms with Gasteiger partial charge in [-0.05, 0) is 89.0 Å². The Labute approximate surface area is 170 Å². The highest BCUT2D eigenvalue weighted by atomic mass is 16.2. The maximum absolute atomic E-state index is 13.1. The van der Waals surface area contributed by atoms with Gasteiger partial charge in [0.2, 0.25) is 5.91 Å². The van der Waals surface area contributed by atoms with E-state index in [9.17, 15) is 9.59 Å². The van der Waals surface area contributed by atoms with Crippen LogP contribution < -0.4 is 16.4 Å². The van der Waals surface area contributed by atoms with Crippen LogP contribution in [-0.4, -0.2) is 57.0 Å². The number of nitrogens with zero attached hydrogens (tertiary/aromatic N) is 1. The van der Waals surface area contributed by atoms with Gasteiger partial charge in [0.15, 0.2) is 0 Å². The zero-order valence-corrected chi connectivity index (χ0v) is 18.0. The Morgan fingerprint density at radius 2 is 1.32 bits per heavy atom. The minimum absolute atomic E-state index is 0.0250. The monoisotopic (exact) mass is 390 g/mol. The van der Waals surface area contributed by atoms with Crippen molar-refractivity contribution in [2.24, 2.45) is 17.6 Å². The molecule has 0 saturated heterocycles. The summed E-state index contributed by atoms with van der Waals surface area (Å²) in [4.78, 5) is 26.4. The third kappa shape index (κ3) is 8.85. The highest BCUT2D eigenvalue weighted by molar-refractivity contribution is 5.97. The molecule has 4 N–H and O–H groups in total. The van der Waals surface area contributed by atoms with Crippen LogP contribution >= 0.6 is 0 Å². The number of nitrogens with two attached hydrogens (primary N) is 1. The maximum Gasteiger partial charge on any atom is 0.253 e. The molecular weight excluding hydrogens is 352 g/mol. The number of benzene rings is 1. The Bertz CT molecular complexity index is 571. The van der Waals surface area contributed by atoms with Crippen LogP contribution in [0.2, 0.25) is 0 Å². The van der Waals surface area contributed by atoms with E-state index in [2.05, 4.69) is 24.5 Å². The summed E-state index contributed by atoms with van der Waals surface area (Å²) in [6.45, 7) is 7.89. The van der Waals surface area contributed by atoms with E-state index in [1.807, 2.05) is 19.0 Å². The van der Waals surface area contributed by atoms with E-state index in [0.29, 0.717) is 23.0 Å². The second-order valence-electron chi connectivity index (χ2n) is 7.85. The van der Waals surface area contributed by atoms with Crippen molar-refractivity contribution in [2.75, 3.05) is 40.3 Å². The Morgan fingerprint density at radius 3 is 1.71 bits per heavy atom. The zero-order chi connectivity index (χ0) is 20.9. The Kier molecular flexibility index (Phi) is 11.4. The first-order valence-electron chi connectivity index (χ1n) is 10.4. The molecule has 0 aromatic heterocycles. The Balaban J connectivity index is 2.81. The van der Waals surface area contributed by atoms with Crippen molar-refractivity contribution in [2.45, 2.75) is 39.5 Å². The average molecular weight is 391 g/mol. The molecule has 0 radical (unpaired) electrons. The molecule has 1 aromatic rings. The molecule has 1 rings (SSSR count). The van der Waals surface area contributed by atoms with Crippen molar-refractivity contribution in [3.8, 4) is 0 Å². The molecule has 1 aromatic carbocycles. The molecule has 0 aliphatic carbocycles. The summed E-state index contributed by atoms with van der Waals surface area (Å²) in [5.41, 5.74) is 6.33. The third-order valence-corrected chi connectivity index (χ3v) is 5.02. The van der Waals surface area contributed by atoms with Crippen molar-refractivity contribution < 1.29 is 9.59 Å². The molecule has 158 valence electrons. The van der Waals surface area contributed by atoms with Crippen LogP contribution in [0.3, 0.4) is 0 Å². The summed E-state index contributed by atoms with van der Waals surface area (Å²) in [7, 11) is 3.92. The smallest absolute Gasteiger partial charge is 0.253 e. The van der Waals surface area contributed by atoms with Gasteiger partial charge in [-0.1, -0.05) is 13.8 Å². The molecule has 2 atom stereocenters. The first kappa shape index (κ1) is 24.1. The van der Waals surface area contributed by atoms with Gasteiger partial charge in [0.1, 0.15) is 0 Å². The number of hydrogen-bond donors (Lipinski definition) is 3. The predicted octanol–water partition coefficient (Wildman–Crippen LogP) is 2.50. The molecule has 28 heavy (non-hydrogen) atoms. The SMILES string of the molecule is CNCCCC(C)CN(CC(C)CCCNC)C(=O)c1ccc(C(N)=O)cc1. The average Bonchev–Trinajstić information content (AvgIpc) is 2.67. The molecule has 0 aliphatic heterocycles. The van der Waals surface area contributed by atoms with E-state index < -0.39 is 5.91 Å². The van der Waals surface area contributed by atoms with E-state index in [1.165, 1.54) is 0 Å². The second kappa shape index (κ2) is 13.3. The minimum atomic E-state index is -0.479. The number of primary amides is 1. The molecule has 0 saturated carbocycles. The van der Waals surface area contributed by atoms with Crippen LogP contribution in [0.1, 0.15) is 60.2 Å². The van der Waals surface area contributed by atoms with Crippen molar-refractivity contribution in [3.63, 3.8) is 0 Å². The first-order chi connectivity index (χ1) is 13.4. The quantitative estimate of drug-likeness (QED) is 0.426. The molecular formula is C22H38N4O2. The zero-order valence-electron chi connectivity index (χ0n) is 18.0. The Morgan fingerprint density at radius 1 is 0.893 bits per heavy atom. The van der Waals surface area contributed by atoms with Gasteiger partial charge in [-0.25, -0.2) is 0 Å². The third-order valence-electron chi connectivity index (χ3n) is 5.02. The van der Waals surface area contributed by atoms with Crippen LogP contribution in [0.4, 0.5) is 0 Å². The fraction of sp³-hybridized carbons (Fsp3) is 0.636. The lowest BCUT2D eigenvalue weighted by Crippen LogP contribution is -2.38. The fourth-order valence-electron chi connectivity index (χ4n) is 3.39. The standard InChI is InChI=1S/C22H38N4O2/c1-17(7-5-13-24-3)15-26(16-18(2)8-6-14-25-4)22(28)20-11-9-19(10-12-20)21(23)27/h9-12,17-18,24-25H,5-8,13-16H2,1-4H3,(H2,23,27). The maximum atomic E-state index is 13.1. The highest BCUT2D eigenvalue weighted by Gasteiger charge is 2.20. The molecule has 0 heterocycles. The van der Waals surface area contributed by atoms with Gasteiger partial charge in [0.05, 0.1) is 0 Å². The number of nitrogens with one attached hydrogen (secondary N) is 2. The van der Waals surface area contributed by atoms with E-state index in [1.54, 1.807) is 24.3 Å². The Hall–Kier alpha value is -1.92. The summed E-state index contributed by atoms with van der Waals surface area (Å²) in [5.74, 6) is 0.419. The molecule has 2 unspecified atom stereocenters. The second-order valence-corrected chi connectivity index (χ2v) is 7.85. The normalized spacial score (nSPS) is 13.1. The van der Waals surface area contributed by atoms with Crippen LogP contribution in [0.15, 0.2) is 24.3 Å². The minimum Gasteiger partial charge on any atom is -0.366 e. The van der Waals surface area contributed by atoms with E-state index in [0.717, 1.165) is 51.9 Å². The van der Waals surface area contributed by atoms with Gasteiger partial charge < -0.3 is 21.3 Å². The number of carbonyl (C=O) groups excluding carboxylic acids is 2. The van der Waals surface area contributed by atoms with E-state index >= 15 is 0 Å². The molecule has 0 spiro atoms. The summed E-state index contributed by atoms with van der Waals surface area (Å²) in [5, 5.41) is 6.35. The van der Waals surface area contributed by atoms with Crippen molar-refractivity contribution in [3.05, 3.63) is 35.4 Å². The van der Waals surface area contributed by atoms with Crippen molar-refractivity contribution in [1.82, 2.24) is 15.5 Å². The van der Waals surface area contributed by atoms with E-state index in [-0.39, 0.29) is 5.91 Å². The number of rotatable bonds is 14. The lowest BCUT2D eigenvalue weighted by molar-refractivity contribution is 0.0699. The first-order valence-corrected chi connectivity index (χ1v) is 10.4. The van der Waals surface area contributed by atoms with Crippen molar-refractivity contribution >= 4 is 11.8 Å². The van der Waals surface area contributed by atoms with Gasteiger partial charge in [-0.2, -0.15) is 0 Å². The molecule has 2 amide bonds. The largest absolute Gasteiger partial charge is 0.366 e. The number of hydrogen-bond acceptors (Lipinski definition) is 4. The summed E-state index contributed by atoms with van der Waals surface area (Å²) in [6, 6.07) is 6.65. The lowest BCUT2D eigenvalue weighted by atomic mass is 10.0. The van der Waals surface area contributed by atoms with Gasteiger partial charge in [-0.15, -0.1) is 0 Å². The van der Waals surface area contributed by atoms with Crippen molar-refractivity contribution in [1.29, 1.82) is 0 Å². The van der Waals surface area contributed by atoms with Crippen LogP contribution in [0, 0.1) is 11.8 Å². The summed E-state index contributed by atoms with van der Waals surface area (Å²) < 4.78 is 0. The molecule has 6 nitrogen and oxygen atoms in total. The predicted molar refractivity (Wildman–Crippen MR) is 116 cm³/mol. The van der Waals surface area contributed by atoms with Crippen LogP contribution in [-0.2, 0) is 0 Å². The molecule has 0 bridgehead atoms. The van der Waals surface area contributed by atoms with E-state index in [4.69, 9.17) is 5.73 Å². The number of carbonyl (C=O) groups is 2. The topological polar surface area (TPSA) is 87.5 Å². The van der Waals surface area contributed by atoms with Crippen LogP contribution in [0.5, 0.6) is 0 Å². The van der Waals surface area contributed by atoms with Crippen LogP contribution in [0.25, 0.3) is 0 Å². The van der Waals surface area contributed by atoms with Gasteiger partial charge in [0.25, 0.3) is 5.91 Å². The fourth-order valence-corrected chi connectivity index (χ4v) is 3.39. The number of amides is 2. The lowest BCUT2D eigenvalue weighted by Gasteiger charge is -2.29.